The minimum atomic E-state index is -1.10. The zero-order valence-corrected chi connectivity index (χ0v) is 15.3. The Labute approximate surface area is 160 Å². The Kier molecular flexibility index (Phi) is 5.71. The number of rotatable bonds is 6. The first kappa shape index (κ1) is 18.2. The molecule has 1 heterocycles. The lowest BCUT2D eigenvalue weighted by atomic mass is 10.1. The van der Waals surface area contributed by atoms with Gasteiger partial charge in [-0.3, -0.25) is 4.79 Å². The standard InChI is InChI=1S/C20H16ClNO3S/c21-15-9-5-4-8-14(15)19-18(20(24)25)16(12-26-19)22-17(23)11-10-13-6-2-1-3-7-13/h1-9,12H,10-11H2,(H,22,23)(H,24,25). The van der Waals surface area contributed by atoms with Crippen LogP contribution in [0.3, 0.4) is 0 Å². The van der Waals surface area contributed by atoms with E-state index in [1.54, 1.807) is 29.6 Å². The minimum Gasteiger partial charge on any atom is -0.478 e. The molecule has 0 aliphatic rings. The van der Waals surface area contributed by atoms with Crippen LogP contribution in [0.5, 0.6) is 0 Å². The van der Waals surface area contributed by atoms with Crippen molar-refractivity contribution >= 4 is 40.5 Å². The first-order chi connectivity index (χ1) is 12.6. The van der Waals surface area contributed by atoms with Crippen molar-refractivity contribution in [2.75, 3.05) is 5.32 Å². The van der Waals surface area contributed by atoms with Gasteiger partial charge in [0.25, 0.3) is 0 Å². The summed E-state index contributed by atoms with van der Waals surface area (Å²) in [7, 11) is 0. The van der Waals surface area contributed by atoms with Crippen molar-refractivity contribution in [1.29, 1.82) is 0 Å². The van der Waals surface area contributed by atoms with E-state index in [4.69, 9.17) is 11.6 Å². The van der Waals surface area contributed by atoms with E-state index in [0.717, 1.165) is 5.56 Å². The van der Waals surface area contributed by atoms with Crippen molar-refractivity contribution in [3.05, 3.63) is 76.1 Å². The van der Waals surface area contributed by atoms with Gasteiger partial charge < -0.3 is 10.4 Å². The van der Waals surface area contributed by atoms with Crippen LogP contribution in [0, 0.1) is 0 Å². The second kappa shape index (κ2) is 8.17. The van der Waals surface area contributed by atoms with E-state index in [0.29, 0.717) is 27.6 Å². The summed E-state index contributed by atoms with van der Waals surface area (Å²) in [6, 6.07) is 16.7. The smallest absolute Gasteiger partial charge is 0.339 e. The van der Waals surface area contributed by atoms with Gasteiger partial charge in [-0.25, -0.2) is 4.79 Å². The van der Waals surface area contributed by atoms with Crippen LogP contribution >= 0.6 is 22.9 Å². The third-order valence-corrected chi connectivity index (χ3v) is 5.22. The number of anilines is 1. The lowest BCUT2D eigenvalue weighted by Crippen LogP contribution is -2.14. The number of hydrogen-bond donors (Lipinski definition) is 2. The average molecular weight is 386 g/mol. The van der Waals surface area contributed by atoms with Crippen molar-refractivity contribution in [2.24, 2.45) is 0 Å². The molecule has 26 heavy (non-hydrogen) atoms. The van der Waals surface area contributed by atoms with Crippen molar-refractivity contribution in [3.63, 3.8) is 0 Å². The Bertz CT molecular complexity index is 937. The molecule has 1 aromatic heterocycles. The molecule has 0 saturated heterocycles. The first-order valence-electron chi connectivity index (χ1n) is 7.99. The number of carboxylic acids is 1. The maximum atomic E-state index is 12.2. The normalized spacial score (nSPS) is 10.5. The van der Waals surface area contributed by atoms with E-state index in [1.807, 2.05) is 30.3 Å². The molecular weight excluding hydrogens is 370 g/mol. The van der Waals surface area contributed by atoms with Crippen LogP contribution in [0.15, 0.2) is 60.0 Å². The SMILES string of the molecule is O=C(CCc1ccccc1)Nc1csc(-c2ccccc2Cl)c1C(=O)O. The molecule has 0 radical (unpaired) electrons. The number of carbonyl (C=O) groups is 2. The molecule has 0 fully saturated rings. The molecule has 3 rings (SSSR count). The fraction of sp³-hybridized carbons (Fsp3) is 0.100. The number of amides is 1. The van der Waals surface area contributed by atoms with Crippen molar-refractivity contribution in [3.8, 4) is 10.4 Å². The highest BCUT2D eigenvalue weighted by molar-refractivity contribution is 7.14. The Hall–Kier alpha value is -2.63. The van der Waals surface area contributed by atoms with Gasteiger partial charge in [0.2, 0.25) is 5.91 Å². The number of hydrogen-bond acceptors (Lipinski definition) is 3. The molecule has 0 aliphatic carbocycles. The number of nitrogens with one attached hydrogen (secondary N) is 1. The van der Waals surface area contributed by atoms with E-state index < -0.39 is 5.97 Å². The highest BCUT2D eigenvalue weighted by Gasteiger charge is 2.22. The van der Waals surface area contributed by atoms with Gasteiger partial charge >= 0.3 is 5.97 Å². The largest absolute Gasteiger partial charge is 0.478 e. The maximum Gasteiger partial charge on any atom is 0.339 e. The molecule has 0 unspecified atom stereocenters. The van der Waals surface area contributed by atoms with Crippen molar-refractivity contribution < 1.29 is 14.7 Å². The number of thiophene rings is 1. The number of carbonyl (C=O) groups excluding carboxylic acids is 1. The average Bonchev–Trinajstić information content (AvgIpc) is 3.05. The van der Waals surface area contributed by atoms with Gasteiger partial charge in [-0.05, 0) is 18.1 Å². The zero-order valence-electron chi connectivity index (χ0n) is 13.7. The topological polar surface area (TPSA) is 66.4 Å². The summed E-state index contributed by atoms with van der Waals surface area (Å²) in [5.74, 6) is -1.32. The molecule has 3 aromatic rings. The van der Waals surface area contributed by atoms with Crippen LogP contribution in [-0.2, 0) is 11.2 Å². The monoisotopic (exact) mass is 385 g/mol. The highest BCUT2D eigenvalue weighted by atomic mass is 35.5. The van der Waals surface area contributed by atoms with Gasteiger partial charge in [-0.2, -0.15) is 0 Å². The lowest BCUT2D eigenvalue weighted by molar-refractivity contribution is -0.116. The molecular formula is C20H16ClNO3S. The number of halogens is 1. The van der Waals surface area contributed by atoms with E-state index in [2.05, 4.69) is 5.32 Å². The molecule has 6 heteroatoms. The number of benzene rings is 2. The first-order valence-corrected chi connectivity index (χ1v) is 9.25. The quantitative estimate of drug-likeness (QED) is 0.602. The third kappa shape index (κ3) is 4.12. The van der Waals surface area contributed by atoms with Gasteiger partial charge in [0.05, 0.1) is 10.6 Å². The zero-order chi connectivity index (χ0) is 18.5. The summed E-state index contributed by atoms with van der Waals surface area (Å²) in [5.41, 5.74) is 2.07. The Morgan fingerprint density at radius 2 is 1.73 bits per heavy atom. The van der Waals surface area contributed by atoms with Gasteiger partial charge in [-0.1, -0.05) is 60.1 Å². The second-order valence-corrected chi connectivity index (χ2v) is 6.96. The summed E-state index contributed by atoms with van der Waals surface area (Å²) in [6.45, 7) is 0. The Balaban J connectivity index is 1.79. The molecule has 0 spiro atoms. The number of carboxylic acid groups (broad SMARTS) is 1. The lowest BCUT2D eigenvalue weighted by Gasteiger charge is -2.07. The highest BCUT2D eigenvalue weighted by Crippen LogP contribution is 2.39. The van der Waals surface area contributed by atoms with E-state index >= 15 is 0 Å². The summed E-state index contributed by atoms with van der Waals surface area (Å²) in [6.07, 6.45) is 0.872. The van der Waals surface area contributed by atoms with Crippen LogP contribution in [0.2, 0.25) is 5.02 Å². The van der Waals surface area contributed by atoms with Crippen molar-refractivity contribution in [1.82, 2.24) is 0 Å². The van der Waals surface area contributed by atoms with Crippen LogP contribution < -0.4 is 5.32 Å². The fourth-order valence-corrected chi connectivity index (χ4v) is 3.94. The van der Waals surface area contributed by atoms with Gasteiger partial charge in [-0.15, -0.1) is 11.3 Å². The van der Waals surface area contributed by atoms with Gasteiger partial charge in [0.1, 0.15) is 5.56 Å². The van der Waals surface area contributed by atoms with Crippen LogP contribution in [0.1, 0.15) is 22.3 Å². The fourth-order valence-electron chi connectivity index (χ4n) is 2.62. The van der Waals surface area contributed by atoms with Crippen LogP contribution in [0.4, 0.5) is 5.69 Å². The molecule has 0 aliphatic heterocycles. The van der Waals surface area contributed by atoms with E-state index in [1.165, 1.54) is 11.3 Å². The van der Waals surface area contributed by atoms with Gasteiger partial charge in [0.15, 0.2) is 0 Å². The third-order valence-electron chi connectivity index (χ3n) is 3.88. The van der Waals surface area contributed by atoms with E-state index in [-0.39, 0.29) is 17.9 Å². The predicted octanol–water partition coefficient (Wildman–Crippen LogP) is 5.34. The number of aromatic carboxylic acids is 1. The molecule has 4 nitrogen and oxygen atoms in total. The van der Waals surface area contributed by atoms with E-state index in [9.17, 15) is 14.7 Å². The minimum absolute atomic E-state index is 0.0659. The Morgan fingerprint density at radius 1 is 1.04 bits per heavy atom. The summed E-state index contributed by atoms with van der Waals surface area (Å²) in [5, 5.41) is 14.5. The van der Waals surface area contributed by atoms with Crippen LogP contribution in [0.25, 0.3) is 10.4 Å². The number of aryl methyl sites for hydroxylation is 1. The van der Waals surface area contributed by atoms with Crippen molar-refractivity contribution in [2.45, 2.75) is 12.8 Å². The molecule has 2 aromatic carbocycles. The maximum absolute atomic E-state index is 12.2. The summed E-state index contributed by atoms with van der Waals surface area (Å²) >= 11 is 7.44. The van der Waals surface area contributed by atoms with Crippen LogP contribution in [-0.4, -0.2) is 17.0 Å². The molecule has 1 amide bonds. The molecule has 0 atom stereocenters. The Morgan fingerprint density at radius 3 is 2.42 bits per heavy atom. The molecule has 0 bridgehead atoms. The molecule has 132 valence electrons. The van der Waals surface area contributed by atoms with Gasteiger partial charge in [0, 0.05) is 22.4 Å². The second-order valence-electron chi connectivity index (χ2n) is 5.67. The summed E-state index contributed by atoms with van der Waals surface area (Å²) < 4.78 is 0. The molecule has 2 N–H and O–H groups in total. The molecule has 0 saturated carbocycles. The summed E-state index contributed by atoms with van der Waals surface area (Å²) in [4.78, 5) is 24.5. The predicted molar refractivity (Wildman–Crippen MR) is 105 cm³/mol.